The number of hydrogen-bond acceptors (Lipinski definition) is 2. The molecule has 1 aliphatic heterocycles. The van der Waals surface area contributed by atoms with Gasteiger partial charge in [0.05, 0.1) is 0 Å². The summed E-state index contributed by atoms with van der Waals surface area (Å²) in [5.74, 6) is 0.162. The summed E-state index contributed by atoms with van der Waals surface area (Å²) in [6.07, 6.45) is 3.82. The molecule has 0 aromatic heterocycles. The fraction of sp³-hybridized carbons (Fsp3) is 0.571. The summed E-state index contributed by atoms with van der Waals surface area (Å²) in [4.78, 5) is 10.4. The van der Waals surface area contributed by atoms with Crippen LogP contribution in [0.2, 0.25) is 0 Å². The van der Waals surface area contributed by atoms with Gasteiger partial charge >= 0.3 is 0 Å². The highest BCUT2D eigenvalue weighted by Crippen LogP contribution is 2.25. The maximum absolute atomic E-state index is 10.4. The van der Waals surface area contributed by atoms with E-state index in [1.54, 1.807) is 0 Å². The van der Waals surface area contributed by atoms with Gasteiger partial charge in [-0.3, -0.25) is 4.67 Å². The van der Waals surface area contributed by atoms with Crippen LogP contribution in [0.25, 0.3) is 0 Å². The second-order valence-electron chi connectivity index (χ2n) is 2.55. The minimum absolute atomic E-state index is 0.162. The van der Waals surface area contributed by atoms with E-state index >= 15 is 0 Å². The van der Waals surface area contributed by atoms with Gasteiger partial charge in [-0.2, -0.15) is 0 Å². The number of carbonyl (C=O) groups is 1. The molecule has 0 spiro atoms. The Hall–Kier alpha value is -0.200. The van der Waals surface area contributed by atoms with Crippen LogP contribution in [0.1, 0.15) is 6.42 Å². The van der Waals surface area contributed by atoms with Crippen molar-refractivity contribution in [2.45, 2.75) is 12.5 Å². The van der Waals surface area contributed by atoms with Gasteiger partial charge in [-0.05, 0) is 6.42 Å². The number of hydrogen-bond donors (Lipinski definition) is 0. The van der Waals surface area contributed by atoms with Gasteiger partial charge in [0.15, 0.2) is 0 Å². The zero-order valence-corrected chi connectivity index (χ0v) is 7.02. The van der Waals surface area contributed by atoms with Gasteiger partial charge in [0.2, 0.25) is 0 Å². The highest BCUT2D eigenvalue weighted by molar-refractivity contribution is 7.13. The van der Waals surface area contributed by atoms with E-state index in [1.165, 1.54) is 0 Å². The highest BCUT2D eigenvalue weighted by Gasteiger charge is 2.28. The van der Waals surface area contributed by atoms with E-state index in [1.807, 2.05) is 6.08 Å². The van der Waals surface area contributed by atoms with E-state index in [-0.39, 0.29) is 12.0 Å². The van der Waals surface area contributed by atoms with E-state index in [2.05, 4.69) is 20.6 Å². The molecular weight excluding hydrogens is 145 g/mol. The van der Waals surface area contributed by atoms with E-state index in [9.17, 15) is 4.79 Å². The van der Waals surface area contributed by atoms with Crippen molar-refractivity contribution in [3.8, 4) is 0 Å². The number of carbonyl (C=O) groups excluding carboxylic acids is 1. The minimum Gasteiger partial charge on any atom is -0.303 e. The molecule has 10 heavy (non-hydrogen) atoms. The lowest BCUT2D eigenvalue weighted by atomic mass is 10.0. The lowest BCUT2D eigenvalue weighted by molar-refractivity contribution is -0.111. The Morgan fingerprint density at radius 3 is 2.80 bits per heavy atom. The lowest BCUT2D eigenvalue weighted by Gasteiger charge is -2.16. The van der Waals surface area contributed by atoms with Gasteiger partial charge in [0, 0.05) is 18.5 Å². The Balaban J connectivity index is 2.61. The minimum atomic E-state index is 0.162. The maximum Gasteiger partial charge on any atom is 0.125 e. The van der Waals surface area contributed by atoms with Gasteiger partial charge < -0.3 is 4.79 Å². The highest BCUT2D eigenvalue weighted by atomic mass is 31.0. The first-order chi connectivity index (χ1) is 4.79. The van der Waals surface area contributed by atoms with Crippen molar-refractivity contribution in [3.05, 3.63) is 12.7 Å². The quantitative estimate of drug-likeness (QED) is 0.336. The molecule has 0 aromatic rings. The van der Waals surface area contributed by atoms with Gasteiger partial charge in [-0.1, -0.05) is 15.5 Å². The summed E-state index contributed by atoms with van der Waals surface area (Å²) >= 11 is 0. The van der Waals surface area contributed by atoms with Crippen molar-refractivity contribution in [1.82, 2.24) is 4.67 Å². The topological polar surface area (TPSA) is 20.3 Å². The molecule has 3 atom stereocenters. The van der Waals surface area contributed by atoms with E-state index < -0.39 is 0 Å². The predicted octanol–water partition coefficient (Wildman–Crippen LogP) is 0.852. The van der Waals surface area contributed by atoms with Gasteiger partial charge in [-0.15, -0.1) is 6.58 Å². The third kappa shape index (κ3) is 1.28. The van der Waals surface area contributed by atoms with Crippen molar-refractivity contribution in [2.24, 2.45) is 5.92 Å². The van der Waals surface area contributed by atoms with Crippen LogP contribution in [0.4, 0.5) is 0 Å². The maximum atomic E-state index is 10.4. The van der Waals surface area contributed by atoms with Crippen LogP contribution in [0.5, 0.6) is 0 Å². The molecule has 1 rings (SSSR count). The third-order valence-electron chi connectivity index (χ3n) is 1.96. The summed E-state index contributed by atoms with van der Waals surface area (Å²) < 4.78 is 2.08. The molecule has 1 fully saturated rings. The Kier molecular flexibility index (Phi) is 2.58. The molecular formula is C7H12NOP. The molecule has 0 bridgehead atoms. The third-order valence-corrected chi connectivity index (χ3v) is 2.56. The number of nitrogens with zero attached hydrogens (tertiary/aromatic N) is 1. The van der Waals surface area contributed by atoms with Crippen molar-refractivity contribution in [2.75, 3.05) is 6.54 Å². The van der Waals surface area contributed by atoms with Crippen molar-refractivity contribution in [1.29, 1.82) is 0 Å². The Morgan fingerprint density at radius 1 is 1.70 bits per heavy atom. The molecule has 1 heterocycles. The lowest BCUT2D eigenvalue weighted by Crippen LogP contribution is -2.22. The summed E-state index contributed by atoms with van der Waals surface area (Å²) in [6.45, 7) is 4.65. The Labute approximate surface area is 63.5 Å². The van der Waals surface area contributed by atoms with Crippen LogP contribution < -0.4 is 0 Å². The molecule has 0 radical (unpaired) electrons. The average Bonchev–Trinajstić information content (AvgIpc) is 2.30. The van der Waals surface area contributed by atoms with Crippen molar-refractivity contribution >= 4 is 15.7 Å². The standard InChI is InChI=1S/C7H12NOP/c1-2-7-6(5-9)3-4-8(7)10/h2,5-7H,1,3-4,10H2. The second-order valence-corrected chi connectivity index (χ2v) is 3.22. The van der Waals surface area contributed by atoms with Crippen LogP contribution in [0.15, 0.2) is 12.7 Å². The molecule has 0 N–H and O–H groups in total. The number of aldehydes is 1. The summed E-state index contributed by atoms with van der Waals surface area (Å²) in [7, 11) is 2.61. The molecule has 0 saturated carbocycles. The first-order valence-corrected chi connectivity index (χ1v) is 3.90. The van der Waals surface area contributed by atoms with Gasteiger partial charge in [0.25, 0.3) is 0 Å². The zero-order chi connectivity index (χ0) is 7.56. The zero-order valence-electron chi connectivity index (χ0n) is 5.86. The molecule has 56 valence electrons. The Bertz CT molecular complexity index is 149. The van der Waals surface area contributed by atoms with Crippen LogP contribution in [-0.4, -0.2) is 23.5 Å². The smallest absolute Gasteiger partial charge is 0.125 e. The monoisotopic (exact) mass is 157 g/mol. The molecule has 3 unspecified atom stereocenters. The van der Waals surface area contributed by atoms with E-state index in [0.29, 0.717) is 0 Å². The average molecular weight is 157 g/mol. The molecule has 0 amide bonds. The predicted molar refractivity (Wildman–Crippen MR) is 44.6 cm³/mol. The fourth-order valence-corrected chi connectivity index (χ4v) is 1.81. The normalized spacial score (nSPS) is 34.1. The van der Waals surface area contributed by atoms with Gasteiger partial charge in [-0.25, -0.2) is 0 Å². The number of rotatable bonds is 2. The van der Waals surface area contributed by atoms with E-state index in [4.69, 9.17) is 0 Å². The Morgan fingerprint density at radius 2 is 2.40 bits per heavy atom. The summed E-state index contributed by atoms with van der Waals surface area (Å²) in [5, 5.41) is 0. The molecule has 1 saturated heterocycles. The first-order valence-electron chi connectivity index (χ1n) is 3.38. The van der Waals surface area contributed by atoms with Crippen LogP contribution in [0.3, 0.4) is 0 Å². The molecule has 0 aromatic carbocycles. The van der Waals surface area contributed by atoms with E-state index in [0.717, 1.165) is 19.3 Å². The molecule has 3 heteroatoms. The summed E-state index contributed by atoms with van der Waals surface area (Å²) in [6, 6.07) is 0.238. The molecule has 2 nitrogen and oxygen atoms in total. The fourth-order valence-electron chi connectivity index (χ4n) is 1.32. The second kappa shape index (κ2) is 3.27. The molecule has 1 aliphatic rings. The van der Waals surface area contributed by atoms with Crippen LogP contribution >= 0.6 is 9.39 Å². The van der Waals surface area contributed by atoms with Crippen molar-refractivity contribution in [3.63, 3.8) is 0 Å². The largest absolute Gasteiger partial charge is 0.303 e. The van der Waals surface area contributed by atoms with Crippen LogP contribution in [0, 0.1) is 5.92 Å². The SMILES string of the molecule is C=CC1C(C=O)CCN1P. The summed E-state index contributed by atoms with van der Waals surface area (Å²) in [5.41, 5.74) is 0. The molecule has 0 aliphatic carbocycles. The van der Waals surface area contributed by atoms with Crippen molar-refractivity contribution < 1.29 is 4.79 Å². The first kappa shape index (κ1) is 7.90. The van der Waals surface area contributed by atoms with Gasteiger partial charge in [0.1, 0.15) is 6.29 Å². The van der Waals surface area contributed by atoms with Crippen LogP contribution in [-0.2, 0) is 4.79 Å².